The summed E-state index contributed by atoms with van der Waals surface area (Å²) < 4.78 is 5.05. The van der Waals surface area contributed by atoms with Gasteiger partial charge in [-0.2, -0.15) is 0 Å². The highest BCUT2D eigenvalue weighted by atomic mass is 16.3. The maximum absolute atomic E-state index is 11.8. The van der Waals surface area contributed by atoms with E-state index in [1.807, 2.05) is 48.6 Å². The van der Waals surface area contributed by atoms with Gasteiger partial charge in [-0.1, -0.05) is 42.5 Å². The molecule has 1 aromatic carbocycles. The summed E-state index contributed by atoms with van der Waals surface area (Å²) in [5, 5.41) is 0. The number of amides is 1. The number of furan rings is 1. The first-order valence-corrected chi connectivity index (χ1v) is 5.98. The van der Waals surface area contributed by atoms with Crippen LogP contribution in [0.25, 0.3) is 6.08 Å². The normalized spacial score (nSPS) is 11.2. The zero-order valence-electron chi connectivity index (χ0n) is 10.7. The Balaban J connectivity index is 1.92. The van der Waals surface area contributed by atoms with Crippen LogP contribution in [0.1, 0.15) is 16.1 Å². The lowest BCUT2D eigenvalue weighted by Gasteiger charge is -2.08. The Kier molecular flexibility index (Phi) is 4.34. The number of allylic oxidation sites excluding steroid dienone is 2. The Labute approximate surface area is 112 Å². The smallest absolute Gasteiger partial charge is 0.293 e. The van der Waals surface area contributed by atoms with E-state index in [1.54, 1.807) is 25.4 Å². The minimum atomic E-state index is -0.172. The summed E-state index contributed by atoms with van der Waals surface area (Å²) in [6.07, 6.45) is 8.86. The van der Waals surface area contributed by atoms with Crippen LogP contribution in [-0.2, 0) is 0 Å². The van der Waals surface area contributed by atoms with Crippen molar-refractivity contribution < 1.29 is 9.21 Å². The van der Waals surface area contributed by atoms with Crippen LogP contribution in [-0.4, -0.2) is 17.9 Å². The van der Waals surface area contributed by atoms with Crippen molar-refractivity contribution in [1.29, 1.82) is 0 Å². The van der Waals surface area contributed by atoms with Gasteiger partial charge in [0.25, 0.3) is 5.91 Å². The van der Waals surface area contributed by atoms with Gasteiger partial charge in [0.15, 0.2) is 5.76 Å². The van der Waals surface area contributed by atoms with Gasteiger partial charge >= 0.3 is 0 Å². The first-order valence-electron chi connectivity index (χ1n) is 5.98. The fourth-order valence-electron chi connectivity index (χ4n) is 1.55. The van der Waals surface area contributed by atoms with E-state index in [0.717, 1.165) is 5.56 Å². The zero-order chi connectivity index (χ0) is 13.5. The third kappa shape index (κ3) is 3.71. The Hall–Kier alpha value is -2.55. The number of hydrogen-bond donors (Lipinski definition) is 0. The Bertz CT molecular complexity index is 568. The number of rotatable bonds is 4. The second-order valence-electron chi connectivity index (χ2n) is 4.00. The highest BCUT2D eigenvalue weighted by molar-refractivity contribution is 5.91. The van der Waals surface area contributed by atoms with Gasteiger partial charge in [0.2, 0.25) is 0 Å². The molecule has 0 fully saturated rings. The van der Waals surface area contributed by atoms with E-state index in [1.165, 1.54) is 11.2 Å². The fourth-order valence-corrected chi connectivity index (χ4v) is 1.55. The molecule has 0 spiro atoms. The van der Waals surface area contributed by atoms with Gasteiger partial charge in [0, 0.05) is 13.2 Å². The first kappa shape index (κ1) is 12.9. The largest absolute Gasteiger partial charge is 0.459 e. The second kappa shape index (κ2) is 6.40. The SMILES string of the molecule is CN(/C=C/C=C/c1ccccc1)C(=O)c1ccco1. The monoisotopic (exact) mass is 253 g/mol. The molecule has 0 atom stereocenters. The van der Waals surface area contributed by atoms with Gasteiger partial charge in [-0.15, -0.1) is 0 Å². The Morgan fingerprint density at radius 1 is 1.11 bits per heavy atom. The average molecular weight is 253 g/mol. The molecule has 0 unspecified atom stereocenters. The third-order valence-corrected chi connectivity index (χ3v) is 2.56. The lowest BCUT2D eigenvalue weighted by molar-refractivity contribution is 0.0819. The summed E-state index contributed by atoms with van der Waals surface area (Å²) in [5.74, 6) is 0.161. The van der Waals surface area contributed by atoms with Gasteiger partial charge in [-0.25, -0.2) is 0 Å². The van der Waals surface area contributed by atoms with E-state index >= 15 is 0 Å². The predicted molar refractivity (Wildman–Crippen MR) is 75.4 cm³/mol. The lowest BCUT2D eigenvalue weighted by atomic mass is 10.2. The second-order valence-corrected chi connectivity index (χ2v) is 4.00. The molecule has 19 heavy (non-hydrogen) atoms. The van der Waals surface area contributed by atoms with Crippen LogP contribution in [0, 0.1) is 0 Å². The molecular weight excluding hydrogens is 238 g/mol. The molecular formula is C16H15NO2. The molecule has 0 saturated heterocycles. The molecule has 2 rings (SSSR count). The molecule has 0 aliphatic carbocycles. The third-order valence-electron chi connectivity index (χ3n) is 2.56. The van der Waals surface area contributed by atoms with E-state index in [0.29, 0.717) is 5.76 Å². The minimum absolute atomic E-state index is 0.172. The molecule has 3 heteroatoms. The standard InChI is InChI=1S/C16H15NO2/c1-17(16(18)15-11-7-13-19-15)12-6-5-10-14-8-3-2-4-9-14/h2-13H,1H3/b10-5+,12-6+. The summed E-state index contributed by atoms with van der Waals surface area (Å²) in [5.41, 5.74) is 1.12. The van der Waals surface area contributed by atoms with E-state index in [9.17, 15) is 4.79 Å². The summed E-state index contributed by atoms with van der Waals surface area (Å²) in [6, 6.07) is 13.3. The number of hydrogen-bond acceptors (Lipinski definition) is 2. The molecule has 0 bridgehead atoms. The van der Waals surface area contributed by atoms with E-state index in [4.69, 9.17) is 4.42 Å². The molecule has 0 saturated carbocycles. The van der Waals surface area contributed by atoms with Crippen molar-refractivity contribution in [3.63, 3.8) is 0 Å². The van der Waals surface area contributed by atoms with Crippen molar-refractivity contribution in [1.82, 2.24) is 4.90 Å². The van der Waals surface area contributed by atoms with E-state index in [-0.39, 0.29) is 5.91 Å². The molecule has 0 aliphatic heterocycles. The van der Waals surface area contributed by atoms with Crippen molar-refractivity contribution in [2.45, 2.75) is 0 Å². The number of nitrogens with zero attached hydrogens (tertiary/aromatic N) is 1. The number of benzene rings is 1. The van der Waals surface area contributed by atoms with Crippen molar-refractivity contribution in [3.8, 4) is 0 Å². The zero-order valence-corrected chi connectivity index (χ0v) is 10.7. The van der Waals surface area contributed by atoms with Crippen molar-refractivity contribution >= 4 is 12.0 Å². The average Bonchev–Trinajstić information content (AvgIpc) is 2.98. The van der Waals surface area contributed by atoms with Gasteiger partial charge in [-0.05, 0) is 23.8 Å². The maximum atomic E-state index is 11.8. The van der Waals surface area contributed by atoms with E-state index < -0.39 is 0 Å². The molecule has 3 nitrogen and oxygen atoms in total. The molecule has 1 heterocycles. The van der Waals surface area contributed by atoms with Crippen LogP contribution in [0.4, 0.5) is 0 Å². The van der Waals surface area contributed by atoms with Crippen LogP contribution in [0.5, 0.6) is 0 Å². The van der Waals surface area contributed by atoms with E-state index in [2.05, 4.69) is 0 Å². The van der Waals surface area contributed by atoms with Crippen LogP contribution in [0.15, 0.2) is 71.5 Å². The molecule has 96 valence electrons. The minimum Gasteiger partial charge on any atom is -0.459 e. The molecule has 0 aliphatic rings. The molecule has 0 N–H and O–H groups in total. The Morgan fingerprint density at radius 3 is 2.58 bits per heavy atom. The highest BCUT2D eigenvalue weighted by Crippen LogP contribution is 2.05. The fraction of sp³-hybridized carbons (Fsp3) is 0.0625. The first-order chi connectivity index (χ1) is 9.27. The highest BCUT2D eigenvalue weighted by Gasteiger charge is 2.10. The number of carbonyl (C=O) groups is 1. The molecule has 2 aromatic rings. The molecule has 1 aromatic heterocycles. The van der Waals surface area contributed by atoms with Crippen molar-refractivity contribution in [3.05, 3.63) is 78.4 Å². The van der Waals surface area contributed by atoms with Gasteiger partial charge < -0.3 is 9.32 Å². The summed E-state index contributed by atoms with van der Waals surface area (Å²) >= 11 is 0. The van der Waals surface area contributed by atoms with Crippen LogP contribution >= 0.6 is 0 Å². The van der Waals surface area contributed by atoms with Crippen LogP contribution < -0.4 is 0 Å². The van der Waals surface area contributed by atoms with Gasteiger partial charge in [-0.3, -0.25) is 4.79 Å². The summed E-state index contributed by atoms with van der Waals surface area (Å²) in [6.45, 7) is 0. The van der Waals surface area contributed by atoms with Crippen molar-refractivity contribution in [2.75, 3.05) is 7.05 Å². The maximum Gasteiger partial charge on any atom is 0.293 e. The Morgan fingerprint density at radius 2 is 1.89 bits per heavy atom. The number of carbonyl (C=O) groups excluding carboxylic acids is 1. The van der Waals surface area contributed by atoms with Crippen molar-refractivity contribution in [2.24, 2.45) is 0 Å². The summed E-state index contributed by atoms with van der Waals surface area (Å²) in [4.78, 5) is 13.3. The topological polar surface area (TPSA) is 33.5 Å². The van der Waals surface area contributed by atoms with Crippen LogP contribution in [0.3, 0.4) is 0 Å². The molecule has 1 amide bonds. The quantitative estimate of drug-likeness (QED) is 0.780. The summed E-state index contributed by atoms with van der Waals surface area (Å²) in [7, 11) is 1.69. The predicted octanol–water partition coefficient (Wildman–Crippen LogP) is 3.58. The lowest BCUT2D eigenvalue weighted by Crippen LogP contribution is -2.19. The van der Waals surface area contributed by atoms with Gasteiger partial charge in [0.05, 0.1) is 6.26 Å². The molecule has 0 radical (unpaired) electrons. The van der Waals surface area contributed by atoms with Crippen LogP contribution in [0.2, 0.25) is 0 Å². The van der Waals surface area contributed by atoms with Gasteiger partial charge in [0.1, 0.15) is 0 Å².